The van der Waals surface area contributed by atoms with Crippen LogP contribution in [-0.4, -0.2) is 22.4 Å². The van der Waals surface area contributed by atoms with E-state index in [2.05, 4.69) is 15.6 Å². The largest absolute Gasteiger partial charge is 0.495 e. The number of rotatable bonds is 5. The van der Waals surface area contributed by atoms with Crippen molar-refractivity contribution in [3.8, 4) is 5.75 Å². The average molecular weight is 344 g/mol. The third kappa shape index (κ3) is 3.38. The van der Waals surface area contributed by atoms with Crippen LogP contribution >= 0.6 is 11.3 Å². The van der Waals surface area contributed by atoms with Crippen LogP contribution in [0.1, 0.15) is 12.6 Å². The summed E-state index contributed by atoms with van der Waals surface area (Å²) in [5.74, 6) is 0.488. The molecule has 0 aliphatic carbocycles. The molecule has 0 spiro atoms. The lowest BCUT2D eigenvalue weighted by Crippen LogP contribution is -2.15. The summed E-state index contributed by atoms with van der Waals surface area (Å²) in [6.07, 6.45) is 1.70. The number of thiazole rings is 1. The van der Waals surface area contributed by atoms with Gasteiger partial charge < -0.3 is 15.4 Å². The molecule has 0 aliphatic rings. The molecule has 7 nitrogen and oxygen atoms in total. The molecule has 3 rings (SSSR count). The number of hydrogen-bond acceptors (Lipinski definition) is 6. The van der Waals surface area contributed by atoms with Gasteiger partial charge in [-0.05, 0) is 18.2 Å². The van der Waals surface area contributed by atoms with Gasteiger partial charge in [0.05, 0.1) is 25.0 Å². The van der Waals surface area contributed by atoms with Crippen LogP contribution in [0.5, 0.6) is 5.75 Å². The van der Waals surface area contributed by atoms with Gasteiger partial charge in [-0.15, -0.1) is 11.3 Å². The number of amides is 1. The molecule has 0 saturated carbocycles. The normalized spacial score (nSPS) is 10.6. The second kappa shape index (κ2) is 6.71. The van der Waals surface area contributed by atoms with Gasteiger partial charge in [-0.1, -0.05) is 0 Å². The number of benzene rings is 1. The Bertz CT molecular complexity index is 948. The van der Waals surface area contributed by atoms with Gasteiger partial charge in [0.2, 0.25) is 5.91 Å². The minimum atomic E-state index is -0.149. The summed E-state index contributed by atoms with van der Waals surface area (Å²) in [5.41, 5.74) is 1.89. The molecule has 2 heterocycles. The predicted octanol–water partition coefficient (Wildman–Crippen LogP) is 2.34. The van der Waals surface area contributed by atoms with Crippen molar-refractivity contribution in [2.24, 2.45) is 0 Å². The van der Waals surface area contributed by atoms with Crippen molar-refractivity contribution < 1.29 is 9.53 Å². The molecule has 0 fully saturated rings. The Morgan fingerprint density at radius 2 is 2.21 bits per heavy atom. The summed E-state index contributed by atoms with van der Waals surface area (Å²) < 4.78 is 6.82. The molecule has 8 heteroatoms. The van der Waals surface area contributed by atoms with Crippen LogP contribution in [0.15, 0.2) is 40.6 Å². The second-order valence-corrected chi connectivity index (χ2v) is 5.96. The third-order valence-corrected chi connectivity index (χ3v) is 4.09. The summed E-state index contributed by atoms with van der Waals surface area (Å²) in [5, 5.41) is 7.74. The molecule has 0 bridgehead atoms. The number of nitrogens with one attached hydrogen (secondary N) is 2. The lowest BCUT2D eigenvalue weighted by atomic mass is 10.2. The van der Waals surface area contributed by atoms with E-state index in [-0.39, 0.29) is 11.5 Å². The zero-order chi connectivity index (χ0) is 17.1. The Labute approximate surface area is 141 Å². The molecular formula is C16H16N4O3S. The Balaban J connectivity index is 1.83. The van der Waals surface area contributed by atoms with Gasteiger partial charge >= 0.3 is 0 Å². The molecule has 0 saturated heterocycles. The van der Waals surface area contributed by atoms with Gasteiger partial charge in [0.15, 0.2) is 4.96 Å². The Morgan fingerprint density at radius 3 is 2.96 bits per heavy atom. The van der Waals surface area contributed by atoms with Crippen LogP contribution in [0.25, 0.3) is 4.96 Å². The molecule has 0 unspecified atom stereocenters. The highest BCUT2D eigenvalue weighted by Crippen LogP contribution is 2.28. The number of hydrogen-bond donors (Lipinski definition) is 2. The van der Waals surface area contributed by atoms with Gasteiger partial charge in [0, 0.05) is 30.3 Å². The Hall–Kier alpha value is -2.87. The molecule has 2 N–H and O–H groups in total. The fourth-order valence-corrected chi connectivity index (χ4v) is 3.03. The van der Waals surface area contributed by atoms with E-state index in [1.165, 1.54) is 28.7 Å². The fourth-order valence-electron chi connectivity index (χ4n) is 2.29. The highest BCUT2D eigenvalue weighted by atomic mass is 32.1. The van der Waals surface area contributed by atoms with Gasteiger partial charge in [-0.25, -0.2) is 4.98 Å². The maximum atomic E-state index is 12.0. The number of anilines is 2. The number of nitrogens with zero attached hydrogens (tertiary/aromatic N) is 2. The summed E-state index contributed by atoms with van der Waals surface area (Å²) in [7, 11) is 1.57. The lowest BCUT2D eigenvalue weighted by Gasteiger charge is -2.13. The SMILES string of the molecule is COc1ccc(NC(C)=O)cc1NCc1cc(=O)n2ccsc2n1. The van der Waals surface area contributed by atoms with E-state index < -0.39 is 0 Å². The van der Waals surface area contributed by atoms with Crippen molar-refractivity contribution in [2.45, 2.75) is 13.5 Å². The van der Waals surface area contributed by atoms with E-state index in [0.29, 0.717) is 34.3 Å². The maximum absolute atomic E-state index is 12.0. The van der Waals surface area contributed by atoms with Crippen LogP contribution in [0.2, 0.25) is 0 Å². The molecule has 1 amide bonds. The molecule has 3 aromatic rings. The number of methoxy groups -OCH3 is 1. The number of aromatic nitrogens is 2. The minimum absolute atomic E-state index is 0.114. The zero-order valence-electron chi connectivity index (χ0n) is 13.2. The maximum Gasteiger partial charge on any atom is 0.258 e. The molecule has 1 aromatic carbocycles. The fraction of sp³-hybridized carbons (Fsp3) is 0.188. The van der Waals surface area contributed by atoms with E-state index in [1.807, 2.05) is 5.38 Å². The van der Waals surface area contributed by atoms with Gasteiger partial charge in [-0.2, -0.15) is 0 Å². The first-order valence-corrected chi connectivity index (χ1v) is 8.10. The van der Waals surface area contributed by atoms with Gasteiger partial charge in [0.25, 0.3) is 5.56 Å². The Morgan fingerprint density at radius 1 is 1.38 bits per heavy atom. The van der Waals surface area contributed by atoms with Crippen molar-refractivity contribution in [3.63, 3.8) is 0 Å². The van der Waals surface area contributed by atoms with Crippen molar-refractivity contribution in [1.29, 1.82) is 0 Å². The molecule has 0 aliphatic heterocycles. The van der Waals surface area contributed by atoms with Crippen molar-refractivity contribution >= 4 is 33.6 Å². The third-order valence-electron chi connectivity index (χ3n) is 3.34. The van der Waals surface area contributed by atoms with Crippen LogP contribution < -0.4 is 20.9 Å². The van der Waals surface area contributed by atoms with Crippen molar-refractivity contribution in [3.05, 3.63) is 51.9 Å². The highest BCUT2D eigenvalue weighted by molar-refractivity contribution is 7.15. The summed E-state index contributed by atoms with van der Waals surface area (Å²) >= 11 is 1.41. The monoisotopic (exact) mass is 344 g/mol. The summed E-state index contributed by atoms with van der Waals surface area (Å²) in [6, 6.07) is 6.79. The zero-order valence-corrected chi connectivity index (χ0v) is 14.0. The van der Waals surface area contributed by atoms with Gasteiger partial charge in [-0.3, -0.25) is 14.0 Å². The van der Waals surface area contributed by atoms with Crippen molar-refractivity contribution in [1.82, 2.24) is 9.38 Å². The van der Waals surface area contributed by atoms with Crippen molar-refractivity contribution in [2.75, 3.05) is 17.7 Å². The van der Waals surface area contributed by atoms with Gasteiger partial charge in [0.1, 0.15) is 5.75 Å². The smallest absolute Gasteiger partial charge is 0.258 e. The van der Waals surface area contributed by atoms with E-state index in [0.717, 1.165) is 0 Å². The minimum Gasteiger partial charge on any atom is -0.495 e. The summed E-state index contributed by atoms with van der Waals surface area (Å²) in [6.45, 7) is 1.81. The molecular weight excluding hydrogens is 328 g/mol. The number of ether oxygens (including phenoxy) is 1. The van der Waals surface area contributed by atoms with Crippen LogP contribution in [-0.2, 0) is 11.3 Å². The molecule has 124 valence electrons. The Kier molecular flexibility index (Phi) is 4.48. The summed E-state index contributed by atoms with van der Waals surface area (Å²) in [4.78, 5) is 28.3. The highest BCUT2D eigenvalue weighted by Gasteiger charge is 2.08. The van der Waals surface area contributed by atoms with E-state index in [4.69, 9.17) is 4.74 Å². The number of fused-ring (bicyclic) bond motifs is 1. The number of carbonyl (C=O) groups is 1. The average Bonchev–Trinajstić information content (AvgIpc) is 3.01. The van der Waals surface area contributed by atoms with Crippen LogP contribution in [0.3, 0.4) is 0 Å². The van der Waals surface area contributed by atoms with Crippen LogP contribution in [0.4, 0.5) is 11.4 Å². The van der Waals surface area contributed by atoms with Crippen LogP contribution in [0, 0.1) is 0 Å². The standard InChI is InChI=1S/C16H16N4O3S/c1-10(21)18-11-3-4-14(23-2)13(7-11)17-9-12-8-15(22)20-5-6-24-16(20)19-12/h3-8,17H,9H2,1-2H3,(H,18,21). The lowest BCUT2D eigenvalue weighted by molar-refractivity contribution is -0.114. The molecule has 2 aromatic heterocycles. The number of carbonyl (C=O) groups excluding carboxylic acids is 1. The van der Waals surface area contributed by atoms with E-state index in [1.54, 1.807) is 31.5 Å². The first kappa shape index (κ1) is 16.0. The van der Waals surface area contributed by atoms with E-state index in [9.17, 15) is 9.59 Å². The molecule has 24 heavy (non-hydrogen) atoms. The topological polar surface area (TPSA) is 84.7 Å². The second-order valence-electron chi connectivity index (χ2n) is 5.09. The first-order valence-electron chi connectivity index (χ1n) is 7.22. The molecule has 0 atom stereocenters. The van der Waals surface area contributed by atoms with E-state index >= 15 is 0 Å². The predicted molar refractivity (Wildman–Crippen MR) is 94.0 cm³/mol. The first-order chi connectivity index (χ1) is 11.6. The quantitative estimate of drug-likeness (QED) is 0.742. The molecule has 0 radical (unpaired) electrons.